The minimum Gasteiger partial charge on any atom is -0.411 e. The zero-order valence-corrected chi connectivity index (χ0v) is 12.9. The van der Waals surface area contributed by atoms with Crippen LogP contribution >= 0.6 is 23.2 Å². The largest absolute Gasteiger partial charge is 0.411 e. The van der Waals surface area contributed by atoms with Crippen LogP contribution in [0.15, 0.2) is 29.4 Å². The van der Waals surface area contributed by atoms with Crippen LogP contribution in [0.1, 0.15) is 27.3 Å². The third-order valence-electron chi connectivity index (χ3n) is 2.51. The maximum absolute atomic E-state index is 10.3. The van der Waals surface area contributed by atoms with Crippen molar-refractivity contribution in [1.82, 2.24) is 9.97 Å². The Morgan fingerprint density at radius 1 is 1.00 bits per heavy atom. The van der Waals surface area contributed by atoms with Gasteiger partial charge in [-0.25, -0.2) is 9.97 Å². The Bertz CT molecular complexity index is 661. The van der Waals surface area contributed by atoms with Crippen molar-refractivity contribution in [3.05, 3.63) is 57.1 Å². The summed E-state index contributed by atoms with van der Waals surface area (Å²) in [5.74, 6) is 0. The van der Waals surface area contributed by atoms with Crippen molar-refractivity contribution < 1.29 is 10.0 Å². The minimum absolute atomic E-state index is 0.420. The summed E-state index contributed by atoms with van der Waals surface area (Å²) >= 11 is 11.1. The highest BCUT2D eigenvalue weighted by Gasteiger charge is 1.97. The molecule has 0 fully saturated rings. The van der Waals surface area contributed by atoms with Crippen LogP contribution in [-0.2, 0) is 0 Å². The van der Waals surface area contributed by atoms with E-state index in [2.05, 4.69) is 15.1 Å². The van der Waals surface area contributed by atoms with E-state index >= 15 is 0 Å². The smallest absolute Gasteiger partial charge is 0.151 e. The number of aldehydes is 1. The van der Waals surface area contributed by atoms with Crippen LogP contribution in [-0.4, -0.2) is 27.7 Å². The monoisotopic (exact) mass is 325 g/mol. The molecule has 1 N–H and O–H groups in total. The maximum Gasteiger partial charge on any atom is 0.151 e. The summed E-state index contributed by atoms with van der Waals surface area (Å²) in [6.07, 6.45) is 2.08. The summed E-state index contributed by atoms with van der Waals surface area (Å²) in [5, 5.41) is 12.0. The number of aromatic nitrogens is 2. The average molecular weight is 326 g/mol. The molecule has 0 amide bonds. The van der Waals surface area contributed by atoms with Crippen LogP contribution < -0.4 is 0 Å². The SMILES string of the molecule is Cc1nc(Cl)ccc1C=NO.Cc1nc(Cl)ccc1C=O. The highest BCUT2D eigenvalue weighted by molar-refractivity contribution is 6.29. The molecular formula is C14H13Cl2N3O2. The van der Waals surface area contributed by atoms with Crippen molar-refractivity contribution >= 4 is 35.7 Å². The number of halogens is 2. The van der Waals surface area contributed by atoms with E-state index in [9.17, 15) is 4.79 Å². The van der Waals surface area contributed by atoms with Crippen molar-refractivity contribution in [1.29, 1.82) is 0 Å². The lowest BCUT2D eigenvalue weighted by Gasteiger charge is -1.96. The number of carbonyl (C=O) groups excluding carboxylic acids is 1. The van der Waals surface area contributed by atoms with Gasteiger partial charge < -0.3 is 5.21 Å². The van der Waals surface area contributed by atoms with Gasteiger partial charge in [-0.2, -0.15) is 0 Å². The third-order valence-corrected chi connectivity index (χ3v) is 2.93. The quantitative estimate of drug-likeness (QED) is 0.300. The summed E-state index contributed by atoms with van der Waals surface area (Å²) < 4.78 is 0. The highest BCUT2D eigenvalue weighted by atomic mass is 35.5. The molecule has 0 aliphatic heterocycles. The van der Waals surface area contributed by atoms with Gasteiger partial charge in [0, 0.05) is 22.5 Å². The van der Waals surface area contributed by atoms with E-state index in [1.165, 1.54) is 6.21 Å². The van der Waals surface area contributed by atoms with Gasteiger partial charge in [0.25, 0.3) is 0 Å². The van der Waals surface area contributed by atoms with E-state index in [4.69, 9.17) is 28.4 Å². The van der Waals surface area contributed by atoms with Crippen LogP contribution in [0.3, 0.4) is 0 Å². The summed E-state index contributed by atoms with van der Waals surface area (Å²) in [6.45, 7) is 3.54. The molecule has 0 saturated heterocycles. The molecule has 5 nitrogen and oxygen atoms in total. The van der Waals surface area contributed by atoms with Gasteiger partial charge in [0.1, 0.15) is 10.3 Å². The summed E-state index contributed by atoms with van der Waals surface area (Å²) in [5.41, 5.74) is 2.76. The number of carbonyl (C=O) groups is 1. The number of hydrogen-bond donors (Lipinski definition) is 1. The topological polar surface area (TPSA) is 75.4 Å². The van der Waals surface area contributed by atoms with E-state index in [1.807, 2.05) is 0 Å². The number of aryl methyl sites for hydroxylation is 2. The Kier molecular flexibility index (Phi) is 6.78. The molecule has 2 rings (SSSR count). The van der Waals surface area contributed by atoms with Crippen LogP contribution in [0, 0.1) is 13.8 Å². The summed E-state index contributed by atoms with van der Waals surface area (Å²) in [6, 6.07) is 6.63. The fourth-order valence-corrected chi connectivity index (χ4v) is 1.79. The molecule has 2 aromatic heterocycles. The molecule has 0 atom stereocenters. The second-order valence-electron chi connectivity index (χ2n) is 3.98. The van der Waals surface area contributed by atoms with Crippen LogP contribution in [0.5, 0.6) is 0 Å². The number of rotatable bonds is 2. The van der Waals surface area contributed by atoms with Crippen molar-refractivity contribution in [2.45, 2.75) is 13.8 Å². The van der Waals surface area contributed by atoms with E-state index in [0.717, 1.165) is 17.5 Å². The molecule has 0 spiro atoms. The molecule has 0 unspecified atom stereocenters. The van der Waals surface area contributed by atoms with E-state index in [-0.39, 0.29) is 0 Å². The first-order chi connectivity index (χ1) is 9.97. The number of oxime groups is 1. The minimum atomic E-state index is 0.420. The predicted octanol–water partition coefficient (Wildman–Crippen LogP) is 3.71. The van der Waals surface area contributed by atoms with Gasteiger partial charge in [-0.3, -0.25) is 4.79 Å². The molecule has 0 radical (unpaired) electrons. The first-order valence-corrected chi connectivity index (χ1v) is 6.62. The molecular weight excluding hydrogens is 313 g/mol. The molecule has 0 bridgehead atoms. The first kappa shape index (κ1) is 17.1. The Labute approximate surface area is 132 Å². The third kappa shape index (κ3) is 5.49. The molecule has 2 aromatic rings. The van der Waals surface area contributed by atoms with Crippen LogP contribution in [0.4, 0.5) is 0 Å². The molecule has 0 saturated carbocycles. The molecule has 0 aliphatic rings. The fourth-order valence-electron chi connectivity index (χ4n) is 1.41. The maximum atomic E-state index is 10.3. The average Bonchev–Trinajstić information content (AvgIpc) is 2.43. The highest BCUT2D eigenvalue weighted by Crippen LogP contribution is 2.08. The second-order valence-corrected chi connectivity index (χ2v) is 4.75. The van der Waals surface area contributed by atoms with Gasteiger partial charge in [-0.05, 0) is 38.1 Å². The second kappa shape index (κ2) is 8.34. The zero-order chi connectivity index (χ0) is 15.8. The van der Waals surface area contributed by atoms with Gasteiger partial charge in [0.15, 0.2) is 6.29 Å². The van der Waals surface area contributed by atoms with Crippen LogP contribution in [0.2, 0.25) is 10.3 Å². The molecule has 2 heterocycles. The lowest BCUT2D eigenvalue weighted by Crippen LogP contribution is -1.90. The van der Waals surface area contributed by atoms with Gasteiger partial charge in [-0.1, -0.05) is 28.4 Å². The summed E-state index contributed by atoms with van der Waals surface area (Å²) in [7, 11) is 0. The van der Waals surface area contributed by atoms with Gasteiger partial charge >= 0.3 is 0 Å². The zero-order valence-electron chi connectivity index (χ0n) is 11.4. The molecule has 110 valence electrons. The Balaban J connectivity index is 0.000000211. The van der Waals surface area contributed by atoms with E-state index in [1.54, 1.807) is 38.1 Å². The number of pyridine rings is 2. The standard InChI is InChI=1S/C7H7ClN2O.C7H6ClNO/c1-5-6(4-9-11)2-3-7(8)10-5;1-5-6(4-10)2-3-7(8)9-5/h2-4,11H,1H3;2-4H,1H3. The Morgan fingerprint density at radius 2 is 1.48 bits per heavy atom. The van der Waals surface area contributed by atoms with Crippen molar-refractivity contribution in [2.75, 3.05) is 0 Å². The van der Waals surface area contributed by atoms with Gasteiger partial charge in [0.2, 0.25) is 0 Å². The van der Waals surface area contributed by atoms with Crippen LogP contribution in [0.25, 0.3) is 0 Å². The normalized spacial score (nSPS) is 10.1. The Hall–Kier alpha value is -1.98. The van der Waals surface area contributed by atoms with E-state index in [0.29, 0.717) is 21.6 Å². The lowest BCUT2D eigenvalue weighted by molar-refractivity contribution is 0.112. The number of hydrogen-bond acceptors (Lipinski definition) is 5. The number of nitrogens with zero attached hydrogens (tertiary/aromatic N) is 3. The predicted molar refractivity (Wildman–Crippen MR) is 82.7 cm³/mol. The van der Waals surface area contributed by atoms with Crippen molar-refractivity contribution in [3.8, 4) is 0 Å². The first-order valence-electron chi connectivity index (χ1n) is 5.87. The molecule has 0 aliphatic carbocycles. The van der Waals surface area contributed by atoms with Crippen molar-refractivity contribution in [2.24, 2.45) is 5.16 Å². The fraction of sp³-hybridized carbons (Fsp3) is 0.143. The Morgan fingerprint density at radius 3 is 1.86 bits per heavy atom. The lowest BCUT2D eigenvalue weighted by atomic mass is 10.2. The molecule has 0 aromatic carbocycles. The molecule has 21 heavy (non-hydrogen) atoms. The van der Waals surface area contributed by atoms with Crippen molar-refractivity contribution in [3.63, 3.8) is 0 Å². The summed E-state index contributed by atoms with van der Waals surface area (Å²) in [4.78, 5) is 18.1. The van der Waals surface area contributed by atoms with Gasteiger partial charge in [0.05, 0.1) is 6.21 Å². The van der Waals surface area contributed by atoms with E-state index < -0.39 is 0 Å². The molecule has 7 heteroatoms. The van der Waals surface area contributed by atoms with Gasteiger partial charge in [-0.15, -0.1) is 0 Å².